The van der Waals surface area contributed by atoms with Gasteiger partial charge in [0, 0.05) is 25.8 Å². The average Bonchev–Trinajstić information content (AvgIpc) is 2.48. The number of anilines is 2. The van der Waals surface area contributed by atoms with Gasteiger partial charge in [-0.1, -0.05) is 18.2 Å². The van der Waals surface area contributed by atoms with E-state index in [4.69, 9.17) is 0 Å². The van der Waals surface area contributed by atoms with Crippen molar-refractivity contribution >= 4 is 27.4 Å². The number of benzene rings is 1. The maximum atomic E-state index is 11.4. The Balaban J connectivity index is 1.79. The van der Waals surface area contributed by atoms with Crippen LogP contribution < -0.4 is 15.8 Å². The summed E-state index contributed by atoms with van der Waals surface area (Å²) < 4.78 is 0.441. The molecule has 2 N–H and O–H groups in total. The Hall–Kier alpha value is -1.82. The molecule has 1 heterocycles. The summed E-state index contributed by atoms with van der Waals surface area (Å²) in [5.74, 6) is 0.580. The Morgan fingerprint density at radius 2 is 2.10 bits per heavy atom. The lowest BCUT2D eigenvalue weighted by Gasteiger charge is -2.19. The summed E-state index contributed by atoms with van der Waals surface area (Å²) in [6, 6.07) is 10.2. The van der Waals surface area contributed by atoms with Crippen molar-refractivity contribution in [3.05, 3.63) is 51.5 Å². The zero-order chi connectivity index (χ0) is 14.4. The van der Waals surface area contributed by atoms with Crippen LogP contribution in [0.25, 0.3) is 0 Å². The summed E-state index contributed by atoms with van der Waals surface area (Å²) in [6.07, 6.45) is 2.35. The SMILES string of the molecule is CN(CCCNc1nc[nH]c(=O)c1Br)c1ccccc1. The van der Waals surface area contributed by atoms with E-state index in [2.05, 4.69) is 55.3 Å². The van der Waals surface area contributed by atoms with E-state index in [9.17, 15) is 4.79 Å². The molecular formula is C14H17BrN4O. The zero-order valence-corrected chi connectivity index (χ0v) is 12.9. The first-order valence-corrected chi connectivity index (χ1v) is 7.21. The van der Waals surface area contributed by atoms with Crippen molar-refractivity contribution in [3.8, 4) is 0 Å². The normalized spacial score (nSPS) is 10.3. The summed E-state index contributed by atoms with van der Waals surface area (Å²) in [6.45, 7) is 1.68. The second-order valence-electron chi connectivity index (χ2n) is 4.43. The standard InChI is InChI=1S/C14H17BrN4O/c1-19(11-6-3-2-4-7-11)9-5-8-16-13-12(15)14(20)18-10-17-13/h2-4,6-7,10H,5,8-9H2,1H3,(H2,16,17,18,20). The molecule has 106 valence electrons. The van der Waals surface area contributed by atoms with Crippen LogP contribution in [-0.2, 0) is 0 Å². The number of aromatic amines is 1. The number of rotatable bonds is 6. The minimum atomic E-state index is -0.177. The zero-order valence-electron chi connectivity index (χ0n) is 11.3. The summed E-state index contributed by atoms with van der Waals surface area (Å²) in [5.41, 5.74) is 1.02. The van der Waals surface area contributed by atoms with Crippen molar-refractivity contribution in [2.24, 2.45) is 0 Å². The molecule has 0 bridgehead atoms. The van der Waals surface area contributed by atoms with Crippen LogP contribution in [0.4, 0.5) is 11.5 Å². The van der Waals surface area contributed by atoms with Crippen LogP contribution in [0.2, 0.25) is 0 Å². The number of hydrogen-bond donors (Lipinski definition) is 2. The maximum Gasteiger partial charge on any atom is 0.267 e. The van der Waals surface area contributed by atoms with Gasteiger partial charge in [-0.05, 0) is 34.5 Å². The Bertz CT molecular complexity index is 600. The molecule has 5 nitrogen and oxygen atoms in total. The van der Waals surface area contributed by atoms with E-state index in [0.717, 1.165) is 19.5 Å². The molecule has 0 saturated carbocycles. The molecule has 2 aromatic rings. The molecule has 1 aromatic carbocycles. The molecule has 6 heteroatoms. The topological polar surface area (TPSA) is 61.0 Å². The molecule has 2 rings (SSSR count). The predicted octanol–water partition coefficient (Wildman–Crippen LogP) is 2.47. The van der Waals surface area contributed by atoms with Crippen LogP contribution >= 0.6 is 15.9 Å². The van der Waals surface area contributed by atoms with Gasteiger partial charge in [-0.15, -0.1) is 0 Å². The smallest absolute Gasteiger partial charge is 0.267 e. The quantitative estimate of drug-likeness (QED) is 0.795. The molecule has 0 fully saturated rings. The van der Waals surface area contributed by atoms with E-state index >= 15 is 0 Å². The predicted molar refractivity (Wildman–Crippen MR) is 85.4 cm³/mol. The molecular weight excluding hydrogens is 320 g/mol. The third-order valence-electron chi connectivity index (χ3n) is 2.96. The van der Waals surface area contributed by atoms with Crippen LogP contribution in [-0.4, -0.2) is 30.1 Å². The number of H-pyrrole nitrogens is 1. The van der Waals surface area contributed by atoms with Crippen LogP contribution in [0.3, 0.4) is 0 Å². The maximum absolute atomic E-state index is 11.4. The highest BCUT2D eigenvalue weighted by Crippen LogP contribution is 2.14. The van der Waals surface area contributed by atoms with E-state index in [1.54, 1.807) is 0 Å². The number of para-hydroxylation sites is 1. The highest BCUT2D eigenvalue weighted by molar-refractivity contribution is 9.10. The Morgan fingerprint density at radius 1 is 1.35 bits per heavy atom. The first-order valence-electron chi connectivity index (χ1n) is 6.41. The average molecular weight is 337 g/mol. The van der Waals surface area contributed by atoms with Gasteiger partial charge in [-0.25, -0.2) is 4.98 Å². The van der Waals surface area contributed by atoms with Gasteiger partial charge in [-0.3, -0.25) is 4.79 Å². The summed E-state index contributed by atoms with van der Waals surface area (Å²) in [7, 11) is 2.07. The van der Waals surface area contributed by atoms with Crippen LogP contribution in [0.1, 0.15) is 6.42 Å². The Morgan fingerprint density at radius 3 is 2.85 bits per heavy atom. The number of aromatic nitrogens is 2. The highest BCUT2D eigenvalue weighted by atomic mass is 79.9. The van der Waals surface area contributed by atoms with Gasteiger partial charge in [0.15, 0.2) is 0 Å². The van der Waals surface area contributed by atoms with Crippen molar-refractivity contribution in [1.82, 2.24) is 9.97 Å². The van der Waals surface area contributed by atoms with Crippen LogP contribution in [0.5, 0.6) is 0 Å². The Kier molecular flexibility index (Phi) is 5.17. The monoisotopic (exact) mass is 336 g/mol. The minimum absolute atomic E-state index is 0.177. The van der Waals surface area contributed by atoms with Crippen molar-refractivity contribution in [2.45, 2.75) is 6.42 Å². The lowest BCUT2D eigenvalue weighted by atomic mass is 10.3. The lowest BCUT2D eigenvalue weighted by molar-refractivity contribution is 0.813. The van der Waals surface area contributed by atoms with E-state index in [1.165, 1.54) is 12.0 Å². The van der Waals surface area contributed by atoms with Gasteiger partial charge in [0.05, 0.1) is 6.33 Å². The first kappa shape index (κ1) is 14.6. The van der Waals surface area contributed by atoms with Crippen molar-refractivity contribution in [2.75, 3.05) is 30.4 Å². The van der Waals surface area contributed by atoms with E-state index in [1.807, 2.05) is 18.2 Å². The summed E-state index contributed by atoms with van der Waals surface area (Å²) in [4.78, 5) is 20.2. The summed E-state index contributed by atoms with van der Waals surface area (Å²) >= 11 is 3.22. The summed E-state index contributed by atoms with van der Waals surface area (Å²) in [5, 5.41) is 3.16. The first-order chi connectivity index (χ1) is 9.68. The third kappa shape index (κ3) is 3.84. The van der Waals surface area contributed by atoms with Crippen LogP contribution in [0, 0.1) is 0 Å². The second kappa shape index (κ2) is 7.09. The number of nitrogens with zero attached hydrogens (tertiary/aromatic N) is 2. The van der Waals surface area contributed by atoms with E-state index in [0.29, 0.717) is 10.3 Å². The van der Waals surface area contributed by atoms with Crippen LogP contribution in [0.15, 0.2) is 45.9 Å². The fourth-order valence-corrected chi connectivity index (χ4v) is 2.20. The third-order valence-corrected chi connectivity index (χ3v) is 3.69. The van der Waals surface area contributed by atoms with Gasteiger partial charge in [0.1, 0.15) is 10.3 Å². The lowest BCUT2D eigenvalue weighted by Crippen LogP contribution is -2.21. The largest absolute Gasteiger partial charge is 0.375 e. The highest BCUT2D eigenvalue weighted by Gasteiger charge is 2.04. The number of halogens is 1. The van der Waals surface area contributed by atoms with Gasteiger partial charge in [0.25, 0.3) is 5.56 Å². The van der Waals surface area contributed by atoms with E-state index < -0.39 is 0 Å². The molecule has 1 aromatic heterocycles. The molecule has 0 radical (unpaired) electrons. The molecule has 0 unspecified atom stereocenters. The molecule has 0 atom stereocenters. The molecule has 0 aliphatic heterocycles. The van der Waals surface area contributed by atoms with E-state index in [-0.39, 0.29) is 5.56 Å². The molecule has 20 heavy (non-hydrogen) atoms. The van der Waals surface area contributed by atoms with Gasteiger partial charge in [-0.2, -0.15) is 0 Å². The number of hydrogen-bond acceptors (Lipinski definition) is 4. The van der Waals surface area contributed by atoms with Gasteiger partial charge in [0.2, 0.25) is 0 Å². The van der Waals surface area contributed by atoms with Gasteiger partial charge >= 0.3 is 0 Å². The van der Waals surface area contributed by atoms with Gasteiger partial charge < -0.3 is 15.2 Å². The molecule has 0 aliphatic carbocycles. The minimum Gasteiger partial charge on any atom is -0.375 e. The molecule has 0 aliphatic rings. The number of nitrogens with one attached hydrogen (secondary N) is 2. The fraction of sp³-hybridized carbons (Fsp3) is 0.286. The second-order valence-corrected chi connectivity index (χ2v) is 5.22. The Labute approximate surface area is 126 Å². The fourth-order valence-electron chi connectivity index (χ4n) is 1.84. The molecule has 0 amide bonds. The molecule has 0 saturated heterocycles. The van der Waals surface area contributed by atoms with Crippen molar-refractivity contribution in [3.63, 3.8) is 0 Å². The molecule has 0 spiro atoms. The van der Waals surface area contributed by atoms with Crippen molar-refractivity contribution < 1.29 is 0 Å². The van der Waals surface area contributed by atoms with Crippen molar-refractivity contribution in [1.29, 1.82) is 0 Å².